The highest BCUT2D eigenvalue weighted by atomic mass is 35.5. The maximum atomic E-state index is 10.8. The Hall–Kier alpha value is -1.76. The maximum Gasteiger partial charge on any atom is 0.160 e. The molecule has 3 aliphatic rings. The third-order valence-corrected chi connectivity index (χ3v) is 7.45. The molecule has 0 N–H and O–H groups in total. The van der Waals surface area contributed by atoms with Crippen molar-refractivity contribution in [1.29, 1.82) is 0 Å². The van der Waals surface area contributed by atoms with Crippen molar-refractivity contribution >= 4 is 34.8 Å². The second kappa shape index (κ2) is 9.58. The Kier molecular flexibility index (Phi) is 6.86. The monoisotopic (exact) mass is 445 g/mol. The summed E-state index contributed by atoms with van der Waals surface area (Å²) in [5.74, 6) is 0.649. The van der Waals surface area contributed by atoms with Gasteiger partial charge in [-0.3, -0.25) is 9.89 Å². The highest BCUT2D eigenvalue weighted by Gasteiger charge is 2.35. The smallest absolute Gasteiger partial charge is 0.160 e. The number of carbonyl (C=O) groups is 1. The van der Waals surface area contributed by atoms with Crippen LogP contribution in [-0.4, -0.2) is 70.9 Å². The minimum atomic E-state index is 0.284. The number of halogens is 1. The molecular weight excluding hydrogens is 418 g/mol. The van der Waals surface area contributed by atoms with Gasteiger partial charge in [-0.25, -0.2) is 0 Å². The Labute approximate surface area is 187 Å². The van der Waals surface area contributed by atoms with Crippen molar-refractivity contribution in [2.75, 3.05) is 26.2 Å². The molecule has 0 aromatic heterocycles. The van der Waals surface area contributed by atoms with E-state index in [0.29, 0.717) is 41.1 Å². The van der Waals surface area contributed by atoms with E-state index in [9.17, 15) is 4.79 Å². The van der Waals surface area contributed by atoms with Crippen LogP contribution in [0.25, 0.3) is 0 Å². The van der Waals surface area contributed by atoms with Crippen molar-refractivity contribution in [2.45, 2.75) is 43.6 Å². The van der Waals surface area contributed by atoms with Gasteiger partial charge in [-0.15, -0.1) is 0 Å². The lowest BCUT2D eigenvalue weighted by atomic mass is 10.1. The molecule has 2 heterocycles. The van der Waals surface area contributed by atoms with Crippen LogP contribution in [0.5, 0.6) is 5.75 Å². The summed E-state index contributed by atoms with van der Waals surface area (Å²) in [6, 6.07) is 6.61. The summed E-state index contributed by atoms with van der Waals surface area (Å²) in [5.41, 5.74) is 0.917. The zero-order valence-electron chi connectivity index (χ0n) is 17.4. The molecule has 1 aromatic carbocycles. The zero-order valence-corrected chi connectivity index (χ0v) is 19.0. The fraction of sp³-hybridized carbons (Fsp3) is 0.478. The number of thioether (sulfide) groups is 1. The normalized spacial score (nSPS) is 28.4. The van der Waals surface area contributed by atoms with Crippen LogP contribution < -0.4 is 4.74 Å². The van der Waals surface area contributed by atoms with E-state index < -0.39 is 0 Å². The van der Waals surface area contributed by atoms with Crippen LogP contribution in [0.1, 0.15) is 19.4 Å². The van der Waals surface area contributed by atoms with E-state index in [0.717, 1.165) is 31.5 Å². The molecule has 4 rings (SSSR count). The number of rotatable bonds is 6. The molecule has 0 bridgehead atoms. The first-order chi connectivity index (χ1) is 14.5. The number of fused-ring (bicyclic) bond motifs is 1. The Morgan fingerprint density at radius 3 is 2.73 bits per heavy atom. The highest BCUT2D eigenvalue weighted by Crippen LogP contribution is 2.33. The molecule has 1 aromatic rings. The minimum Gasteiger partial charge on any atom is -0.491 e. The van der Waals surface area contributed by atoms with E-state index in [2.05, 4.69) is 48.0 Å². The van der Waals surface area contributed by atoms with Gasteiger partial charge in [-0.05, 0) is 31.5 Å². The zero-order chi connectivity index (χ0) is 21.1. The molecule has 4 atom stereocenters. The number of amidine groups is 1. The predicted octanol–water partition coefficient (Wildman–Crippen LogP) is 3.82. The van der Waals surface area contributed by atoms with Gasteiger partial charge in [-0.1, -0.05) is 53.7 Å². The van der Waals surface area contributed by atoms with Crippen molar-refractivity contribution < 1.29 is 9.53 Å². The summed E-state index contributed by atoms with van der Waals surface area (Å²) in [7, 11) is 0. The molecule has 0 saturated carbocycles. The molecule has 1 saturated heterocycles. The molecule has 0 amide bonds. The second-order valence-corrected chi connectivity index (χ2v) is 9.63. The summed E-state index contributed by atoms with van der Waals surface area (Å²) < 4.78 is 5.97. The van der Waals surface area contributed by atoms with Crippen LogP contribution >= 0.6 is 23.4 Å². The molecule has 160 valence electrons. The summed E-state index contributed by atoms with van der Waals surface area (Å²) in [5, 5.41) is 2.20. The van der Waals surface area contributed by atoms with Gasteiger partial charge in [-0.2, -0.15) is 0 Å². The van der Waals surface area contributed by atoms with Crippen molar-refractivity contribution in [1.82, 2.24) is 9.80 Å². The quantitative estimate of drug-likeness (QED) is 0.623. The Morgan fingerprint density at radius 2 is 2.00 bits per heavy atom. The number of aldehydes is 1. The predicted molar refractivity (Wildman–Crippen MR) is 125 cm³/mol. The molecular formula is C23H28ClN3O2S. The average Bonchev–Trinajstić information content (AvgIpc) is 3.16. The highest BCUT2D eigenvalue weighted by molar-refractivity contribution is 8.14. The third kappa shape index (κ3) is 4.76. The number of hydrogen-bond acceptors (Lipinski definition) is 6. The van der Waals surface area contributed by atoms with E-state index in [1.807, 2.05) is 23.9 Å². The number of nitrogens with zero attached hydrogens (tertiary/aromatic N) is 3. The fourth-order valence-corrected chi connectivity index (χ4v) is 5.69. The van der Waals surface area contributed by atoms with Crippen LogP contribution in [0.4, 0.5) is 0 Å². The van der Waals surface area contributed by atoms with Crippen LogP contribution in [0.3, 0.4) is 0 Å². The summed E-state index contributed by atoms with van der Waals surface area (Å²) in [6.45, 7) is 7.88. The number of piperazine rings is 1. The Bertz CT molecular complexity index is 860. The lowest BCUT2D eigenvalue weighted by Crippen LogP contribution is -2.58. The van der Waals surface area contributed by atoms with Crippen molar-refractivity contribution in [3.8, 4) is 5.75 Å². The number of aliphatic imine (C=N–C) groups is 1. The van der Waals surface area contributed by atoms with Crippen molar-refractivity contribution in [3.05, 3.63) is 53.1 Å². The Balaban J connectivity index is 1.31. The van der Waals surface area contributed by atoms with Crippen LogP contribution in [0, 0.1) is 0 Å². The average molecular weight is 446 g/mol. The summed E-state index contributed by atoms with van der Waals surface area (Å²) >= 11 is 8.14. The molecule has 1 aliphatic carbocycles. The molecule has 30 heavy (non-hydrogen) atoms. The molecule has 0 spiro atoms. The molecule has 7 heteroatoms. The first kappa shape index (κ1) is 21.5. The van der Waals surface area contributed by atoms with Gasteiger partial charge in [0.2, 0.25) is 0 Å². The van der Waals surface area contributed by atoms with Gasteiger partial charge in [0.05, 0.1) is 16.3 Å². The van der Waals surface area contributed by atoms with Gasteiger partial charge in [0.25, 0.3) is 0 Å². The second-order valence-electron chi connectivity index (χ2n) is 8.08. The number of ether oxygens (including phenoxy) is 1. The van der Waals surface area contributed by atoms with Crippen molar-refractivity contribution in [3.63, 3.8) is 0 Å². The van der Waals surface area contributed by atoms with Crippen molar-refractivity contribution in [2.24, 2.45) is 4.99 Å². The first-order valence-corrected chi connectivity index (χ1v) is 11.8. The topological polar surface area (TPSA) is 45.1 Å². The van der Waals surface area contributed by atoms with E-state index in [1.54, 1.807) is 6.07 Å². The first-order valence-electron chi connectivity index (χ1n) is 10.5. The molecule has 5 nitrogen and oxygen atoms in total. The molecule has 1 fully saturated rings. The SMILES string of the molecule is C[C@@H]1CN(C2=NC3C=CC=CC3S2)C[C@H](C)N1CCOc1cc(CC=O)ccc1Cl. The minimum absolute atomic E-state index is 0.284. The molecule has 0 radical (unpaired) electrons. The Morgan fingerprint density at radius 1 is 1.23 bits per heavy atom. The van der Waals surface area contributed by atoms with Gasteiger partial charge < -0.3 is 14.4 Å². The number of benzene rings is 1. The van der Waals surface area contributed by atoms with E-state index in [1.165, 1.54) is 5.17 Å². The standard InChI is InChI=1S/C23H28ClN3O2S/c1-16-14-26(23-25-20-5-3-4-6-22(20)30-23)15-17(2)27(16)10-12-29-21-13-18(9-11-28)7-8-19(21)24/h3-8,11,13,16-17,20,22H,9-10,12,14-15H2,1-2H3/t16-,17+,20?,22?. The van der Waals surface area contributed by atoms with Crippen LogP contribution in [-0.2, 0) is 11.2 Å². The van der Waals surface area contributed by atoms with E-state index in [-0.39, 0.29) is 6.04 Å². The largest absolute Gasteiger partial charge is 0.491 e. The number of carbonyl (C=O) groups excluding carboxylic acids is 1. The van der Waals surface area contributed by atoms with E-state index >= 15 is 0 Å². The van der Waals surface area contributed by atoms with Gasteiger partial charge in [0.1, 0.15) is 18.6 Å². The third-order valence-electron chi connectivity index (χ3n) is 5.85. The van der Waals surface area contributed by atoms with Crippen LogP contribution in [0.2, 0.25) is 5.02 Å². The molecule has 2 unspecified atom stereocenters. The van der Waals surface area contributed by atoms with Crippen LogP contribution in [0.15, 0.2) is 47.5 Å². The fourth-order valence-electron chi connectivity index (χ4n) is 4.33. The van der Waals surface area contributed by atoms with E-state index in [4.69, 9.17) is 21.3 Å². The number of allylic oxidation sites excluding steroid dienone is 2. The lowest BCUT2D eigenvalue weighted by molar-refractivity contribution is -0.107. The van der Waals surface area contributed by atoms with Gasteiger partial charge >= 0.3 is 0 Å². The lowest BCUT2D eigenvalue weighted by Gasteiger charge is -2.45. The summed E-state index contributed by atoms with van der Waals surface area (Å²) in [6.07, 6.45) is 9.93. The van der Waals surface area contributed by atoms with Gasteiger partial charge in [0, 0.05) is 38.1 Å². The molecule has 2 aliphatic heterocycles. The number of hydrogen-bond donors (Lipinski definition) is 0. The maximum absolute atomic E-state index is 10.8. The summed E-state index contributed by atoms with van der Waals surface area (Å²) in [4.78, 5) is 20.6. The van der Waals surface area contributed by atoms with Gasteiger partial charge in [0.15, 0.2) is 5.17 Å².